The molecule has 1 aromatic heterocycles. The lowest BCUT2D eigenvalue weighted by atomic mass is 10.1. The molecule has 1 fully saturated rings. The second kappa shape index (κ2) is 4.74. The molecule has 2 aromatic rings. The molecule has 0 bridgehead atoms. The summed E-state index contributed by atoms with van der Waals surface area (Å²) in [6, 6.07) is 5.91. The normalized spacial score (nSPS) is 20.1. The zero-order chi connectivity index (χ0) is 14.5. The summed E-state index contributed by atoms with van der Waals surface area (Å²) in [5, 5.41) is 3.96. The van der Waals surface area contributed by atoms with Gasteiger partial charge in [0.25, 0.3) is 5.91 Å². The van der Waals surface area contributed by atoms with Gasteiger partial charge >= 0.3 is 0 Å². The van der Waals surface area contributed by atoms with Crippen LogP contribution in [0.1, 0.15) is 29.9 Å². The molecule has 5 heteroatoms. The predicted octanol–water partition coefficient (Wildman–Crippen LogP) is 4.02. The molecule has 1 atom stereocenters. The summed E-state index contributed by atoms with van der Waals surface area (Å²) in [7, 11) is 0. The van der Waals surface area contributed by atoms with Crippen molar-refractivity contribution in [1.82, 2.24) is 5.32 Å². The number of anilines is 1. The fourth-order valence-corrected chi connectivity index (χ4v) is 3.86. The quantitative estimate of drug-likeness (QED) is 0.876. The number of nitrogens with one attached hydrogen (secondary N) is 1. The minimum atomic E-state index is -0.0532. The van der Waals surface area contributed by atoms with Crippen molar-refractivity contribution in [3.8, 4) is 0 Å². The average Bonchev–Trinajstić information content (AvgIpc) is 2.87. The summed E-state index contributed by atoms with van der Waals surface area (Å²) in [6.07, 6.45) is 1.18. The monoisotopic (exact) mass is 352 g/mol. The molecule has 1 aliphatic carbocycles. The summed E-state index contributed by atoms with van der Waals surface area (Å²) >= 11 is 4.89. The molecular formula is C15H17BrN2OS. The number of carbonyl (C=O) groups excluding carboxylic acids is 1. The Morgan fingerprint density at radius 2 is 2.25 bits per heavy atom. The minimum absolute atomic E-state index is 0.0532. The van der Waals surface area contributed by atoms with Crippen molar-refractivity contribution in [1.29, 1.82) is 0 Å². The molecule has 1 saturated carbocycles. The van der Waals surface area contributed by atoms with E-state index in [9.17, 15) is 4.79 Å². The van der Waals surface area contributed by atoms with Crippen LogP contribution in [-0.2, 0) is 0 Å². The topological polar surface area (TPSA) is 55.1 Å². The van der Waals surface area contributed by atoms with Gasteiger partial charge in [0.2, 0.25) is 0 Å². The highest BCUT2D eigenvalue weighted by Gasteiger charge is 2.45. The van der Waals surface area contributed by atoms with Crippen LogP contribution in [0.4, 0.5) is 5.69 Å². The second-order valence-corrected chi connectivity index (χ2v) is 8.05. The maximum absolute atomic E-state index is 12.3. The summed E-state index contributed by atoms with van der Waals surface area (Å²) in [4.78, 5) is 12.9. The molecule has 0 radical (unpaired) electrons. The number of carbonyl (C=O) groups is 1. The van der Waals surface area contributed by atoms with Crippen LogP contribution in [0.2, 0.25) is 0 Å². The van der Waals surface area contributed by atoms with Crippen molar-refractivity contribution < 1.29 is 4.79 Å². The molecule has 1 aliphatic rings. The molecule has 3 N–H and O–H groups in total. The minimum Gasteiger partial charge on any atom is -0.397 e. The number of amides is 1. The lowest BCUT2D eigenvalue weighted by molar-refractivity contribution is 0.0955. The average molecular weight is 353 g/mol. The molecule has 1 unspecified atom stereocenters. The van der Waals surface area contributed by atoms with Gasteiger partial charge in [-0.1, -0.05) is 29.8 Å². The third-order valence-electron chi connectivity index (χ3n) is 4.12. The first-order chi connectivity index (χ1) is 9.38. The molecule has 20 heavy (non-hydrogen) atoms. The third-order valence-corrected chi connectivity index (χ3v) is 5.80. The van der Waals surface area contributed by atoms with Gasteiger partial charge in [0.1, 0.15) is 4.88 Å². The van der Waals surface area contributed by atoms with Crippen LogP contribution in [-0.4, -0.2) is 12.5 Å². The fourth-order valence-electron chi connectivity index (χ4n) is 2.48. The van der Waals surface area contributed by atoms with Crippen LogP contribution in [0.15, 0.2) is 22.7 Å². The van der Waals surface area contributed by atoms with Gasteiger partial charge in [-0.2, -0.15) is 0 Å². The van der Waals surface area contributed by atoms with Gasteiger partial charge in [-0.15, -0.1) is 11.3 Å². The first kappa shape index (κ1) is 13.9. The van der Waals surface area contributed by atoms with Gasteiger partial charge in [-0.3, -0.25) is 4.79 Å². The summed E-state index contributed by atoms with van der Waals surface area (Å²) in [6.45, 7) is 5.20. The van der Waals surface area contributed by atoms with Crippen LogP contribution < -0.4 is 11.1 Å². The molecule has 1 amide bonds. The summed E-state index contributed by atoms with van der Waals surface area (Å²) < 4.78 is 2.02. The SMILES string of the molecule is CC1(C)CC1CNC(=O)c1sc2ccc(Br)cc2c1N. The number of rotatable bonds is 3. The zero-order valence-electron chi connectivity index (χ0n) is 11.5. The lowest BCUT2D eigenvalue weighted by Gasteiger charge is -2.05. The maximum Gasteiger partial charge on any atom is 0.263 e. The van der Waals surface area contributed by atoms with E-state index in [0.717, 1.165) is 21.1 Å². The van der Waals surface area contributed by atoms with E-state index >= 15 is 0 Å². The van der Waals surface area contributed by atoms with Crippen molar-refractivity contribution in [2.75, 3.05) is 12.3 Å². The molecule has 0 spiro atoms. The molecule has 0 saturated heterocycles. The van der Waals surface area contributed by atoms with Crippen molar-refractivity contribution in [2.45, 2.75) is 20.3 Å². The number of benzene rings is 1. The van der Waals surface area contributed by atoms with Gasteiger partial charge in [0.15, 0.2) is 0 Å². The van der Waals surface area contributed by atoms with E-state index in [4.69, 9.17) is 5.73 Å². The molecule has 1 heterocycles. The molecule has 1 aromatic carbocycles. The number of hydrogen-bond acceptors (Lipinski definition) is 3. The third kappa shape index (κ3) is 2.44. The highest BCUT2D eigenvalue weighted by molar-refractivity contribution is 9.10. The number of halogens is 1. The van der Waals surface area contributed by atoms with Crippen LogP contribution >= 0.6 is 27.3 Å². The van der Waals surface area contributed by atoms with E-state index in [1.165, 1.54) is 17.8 Å². The van der Waals surface area contributed by atoms with Gasteiger partial charge in [-0.05, 0) is 36.0 Å². The first-order valence-corrected chi connectivity index (χ1v) is 8.25. The Bertz CT molecular complexity index is 692. The van der Waals surface area contributed by atoms with Gasteiger partial charge in [0.05, 0.1) is 5.69 Å². The van der Waals surface area contributed by atoms with Crippen LogP contribution in [0, 0.1) is 11.3 Å². The second-order valence-electron chi connectivity index (χ2n) is 6.08. The largest absolute Gasteiger partial charge is 0.397 e. The number of nitrogen functional groups attached to an aromatic ring is 1. The van der Waals surface area contributed by atoms with E-state index in [-0.39, 0.29) is 5.91 Å². The lowest BCUT2D eigenvalue weighted by Crippen LogP contribution is -2.26. The van der Waals surface area contributed by atoms with Crippen molar-refractivity contribution >= 4 is 48.9 Å². The predicted molar refractivity (Wildman–Crippen MR) is 88.2 cm³/mol. The van der Waals surface area contributed by atoms with Gasteiger partial charge in [0, 0.05) is 21.1 Å². The number of hydrogen-bond donors (Lipinski definition) is 2. The standard InChI is InChI=1S/C15H17BrN2OS/c1-15(2)6-8(15)7-18-14(19)13-12(17)10-5-9(16)3-4-11(10)20-13/h3-5,8H,6-7,17H2,1-2H3,(H,18,19). The molecule has 106 valence electrons. The number of fused-ring (bicyclic) bond motifs is 1. The zero-order valence-corrected chi connectivity index (χ0v) is 13.9. The Kier molecular flexibility index (Phi) is 3.29. The van der Waals surface area contributed by atoms with Crippen LogP contribution in [0.3, 0.4) is 0 Å². The Morgan fingerprint density at radius 1 is 1.55 bits per heavy atom. The van der Waals surface area contributed by atoms with E-state index in [2.05, 4.69) is 35.1 Å². The molecule has 0 aliphatic heterocycles. The van der Waals surface area contributed by atoms with E-state index in [1.54, 1.807) is 0 Å². The fraction of sp³-hybridized carbons (Fsp3) is 0.400. The Morgan fingerprint density at radius 3 is 2.90 bits per heavy atom. The van der Waals surface area contributed by atoms with E-state index in [0.29, 0.717) is 21.9 Å². The Balaban J connectivity index is 1.79. The highest BCUT2D eigenvalue weighted by Crippen LogP contribution is 2.51. The van der Waals surface area contributed by atoms with E-state index < -0.39 is 0 Å². The van der Waals surface area contributed by atoms with E-state index in [1.807, 2.05) is 18.2 Å². The smallest absolute Gasteiger partial charge is 0.263 e. The maximum atomic E-state index is 12.3. The van der Waals surface area contributed by atoms with Crippen molar-refractivity contribution in [3.63, 3.8) is 0 Å². The molecular weight excluding hydrogens is 336 g/mol. The first-order valence-electron chi connectivity index (χ1n) is 6.64. The number of nitrogens with two attached hydrogens (primary N) is 1. The highest BCUT2D eigenvalue weighted by atomic mass is 79.9. The molecule has 3 rings (SSSR count). The van der Waals surface area contributed by atoms with Crippen molar-refractivity contribution in [2.24, 2.45) is 11.3 Å². The summed E-state index contributed by atoms with van der Waals surface area (Å²) in [5.41, 5.74) is 7.07. The van der Waals surface area contributed by atoms with Gasteiger partial charge in [-0.25, -0.2) is 0 Å². The van der Waals surface area contributed by atoms with Gasteiger partial charge < -0.3 is 11.1 Å². The van der Waals surface area contributed by atoms with Crippen LogP contribution in [0.25, 0.3) is 10.1 Å². The van der Waals surface area contributed by atoms with Crippen molar-refractivity contribution in [3.05, 3.63) is 27.5 Å². The molecule has 3 nitrogen and oxygen atoms in total. The Hall–Kier alpha value is -1.07. The summed E-state index contributed by atoms with van der Waals surface area (Å²) in [5.74, 6) is 0.540. The Labute approximate surface area is 130 Å². The number of thiophene rings is 1. The van der Waals surface area contributed by atoms with Crippen LogP contribution in [0.5, 0.6) is 0 Å².